The molecule has 0 spiro atoms. The van der Waals surface area contributed by atoms with Gasteiger partial charge < -0.3 is 20.6 Å². The van der Waals surface area contributed by atoms with Crippen molar-refractivity contribution in [3.63, 3.8) is 0 Å². The summed E-state index contributed by atoms with van der Waals surface area (Å²) in [4.78, 5) is 14.2. The van der Waals surface area contributed by atoms with Crippen LogP contribution >= 0.6 is 0 Å². The van der Waals surface area contributed by atoms with Gasteiger partial charge in [-0.25, -0.2) is 4.79 Å². The molecule has 3 N–H and O–H groups in total. The number of halogens is 3. The molecule has 0 aromatic heterocycles. The maximum atomic E-state index is 12.9. The van der Waals surface area contributed by atoms with E-state index in [2.05, 4.69) is 15.5 Å². The topological polar surface area (TPSA) is 64.6 Å². The molecule has 2 aliphatic carbocycles. The number of aromatic carboxylic acids is 1. The fourth-order valence-corrected chi connectivity index (χ4v) is 5.18. The largest absolute Gasteiger partial charge is 0.478 e. The summed E-state index contributed by atoms with van der Waals surface area (Å²) >= 11 is 0. The Balaban J connectivity index is 1.58. The third-order valence-electron chi connectivity index (χ3n) is 6.87. The van der Waals surface area contributed by atoms with Gasteiger partial charge in [-0.1, -0.05) is 0 Å². The molecule has 1 aromatic carbocycles. The molecule has 4 rings (SSSR count). The number of hydrogen-bond donors (Lipinski definition) is 3. The quantitative estimate of drug-likeness (QED) is 0.654. The number of anilines is 3. The zero-order chi connectivity index (χ0) is 20.9. The smallest absolute Gasteiger partial charge is 0.391 e. The predicted octanol–water partition coefficient (Wildman–Crippen LogP) is 4.72. The lowest BCUT2D eigenvalue weighted by Gasteiger charge is -2.32. The second-order valence-corrected chi connectivity index (χ2v) is 8.77. The van der Waals surface area contributed by atoms with Crippen molar-refractivity contribution in [2.24, 2.45) is 17.8 Å². The van der Waals surface area contributed by atoms with E-state index in [9.17, 15) is 23.1 Å². The summed E-state index contributed by atoms with van der Waals surface area (Å²) in [6.07, 6.45) is -1.84. The fraction of sp³-hybridized carbons (Fsp3) is 0.667. The standard InChI is InChI=1S/C21H28F3N3O2/c1-11-18(25-2)17(26-15-5-3-14(4-6-15)21(22,23)24)8-16(20(28)29)19(11)27-9-12-7-13(12)10-27/h8,12-15,25-26H,3-7,9-10H2,1-2H3,(H,28,29)/t12-,13-,14?,15?/m0/s1. The summed E-state index contributed by atoms with van der Waals surface area (Å²) in [5.41, 5.74) is 3.38. The monoisotopic (exact) mass is 411 g/mol. The first kappa shape index (κ1) is 20.2. The number of carbonyl (C=O) groups is 1. The van der Waals surface area contributed by atoms with Crippen LogP contribution in [-0.2, 0) is 0 Å². The van der Waals surface area contributed by atoms with Crippen LogP contribution in [0.2, 0.25) is 0 Å². The van der Waals surface area contributed by atoms with Crippen molar-refractivity contribution in [2.45, 2.75) is 51.2 Å². The van der Waals surface area contributed by atoms with Gasteiger partial charge >= 0.3 is 12.1 Å². The van der Waals surface area contributed by atoms with Crippen LogP contribution in [0.1, 0.15) is 48.0 Å². The van der Waals surface area contributed by atoms with E-state index >= 15 is 0 Å². The van der Waals surface area contributed by atoms with Crippen molar-refractivity contribution in [1.82, 2.24) is 0 Å². The molecule has 29 heavy (non-hydrogen) atoms. The molecule has 0 bridgehead atoms. The Morgan fingerprint density at radius 2 is 1.79 bits per heavy atom. The average molecular weight is 411 g/mol. The van der Waals surface area contributed by atoms with Crippen LogP contribution in [0, 0.1) is 24.7 Å². The number of rotatable bonds is 5. The van der Waals surface area contributed by atoms with Gasteiger partial charge in [0.25, 0.3) is 0 Å². The fourth-order valence-electron chi connectivity index (χ4n) is 5.18. The predicted molar refractivity (Wildman–Crippen MR) is 107 cm³/mol. The van der Waals surface area contributed by atoms with Crippen LogP contribution in [0.3, 0.4) is 0 Å². The molecule has 8 heteroatoms. The number of carboxylic acids is 1. The van der Waals surface area contributed by atoms with E-state index in [1.807, 2.05) is 6.92 Å². The molecule has 2 atom stereocenters. The Morgan fingerprint density at radius 1 is 1.17 bits per heavy atom. The summed E-state index contributed by atoms with van der Waals surface area (Å²) in [6.45, 7) is 3.70. The van der Waals surface area contributed by atoms with E-state index in [1.54, 1.807) is 13.1 Å². The van der Waals surface area contributed by atoms with Crippen LogP contribution in [0.25, 0.3) is 0 Å². The third-order valence-corrected chi connectivity index (χ3v) is 6.87. The van der Waals surface area contributed by atoms with Crippen LogP contribution in [0.4, 0.5) is 30.2 Å². The molecule has 5 nitrogen and oxygen atoms in total. The molecule has 1 aliphatic heterocycles. The summed E-state index contributed by atoms with van der Waals surface area (Å²) in [5, 5.41) is 16.4. The maximum absolute atomic E-state index is 12.9. The Bertz CT molecular complexity index is 793. The van der Waals surface area contributed by atoms with Crippen LogP contribution < -0.4 is 15.5 Å². The van der Waals surface area contributed by atoms with E-state index in [-0.39, 0.29) is 24.4 Å². The van der Waals surface area contributed by atoms with E-state index in [0.29, 0.717) is 30.4 Å². The molecular formula is C21H28F3N3O2. The van der Waals surface area contributed by atoms with Gasteiger partial charge in [-0.05, 0) is 62.5 Å². The molecule has 3 aliphatic rings. The highest BCUT2D eigenvalue weighted by Gasteiger charge is 2.46. The molecule has 1 saturated heterocycles. The minimum absolute atomic E-state index is 0.0907. The summed E-state index contributed by atoms with van der Waals surface area (Å²) < 4.78 is 38.8. The first-order valence-corrected chi connectivity index (χ1v) is 10.4. The molecule has 0 radical (unpaired) electrons. The molecule has 160 valence electrons. The Labute approximate surface area is 168 Å². The lowest BCUT2D eigenvalue weighted by atomic mass is 9.85. The van der Waals surface area contributed by atoms with E-state index in [1.165, 1.54) is 6.42 Å². The van der Waals surface area contributed by atoms with Crippen LogP contribution in [0.15, 0.2) is 6.07 Å². The van der Waals surface area contributed by atoms with Crippen molar-refractivity contribution in [3.05, 3.63) is 17.2 Å². The van der Waals surface area contributed by atoms with Gasteiger partial charge in [-0.15, -0.1) is 0 Å². The van der Waals surface area contributed by atoms with E-state index in [4.69, 9.17) is 0 Å². The number of hydrogen-bond acceptors (Lipinski definition) is 4. The number of benzene rings is 1. The number of carboxylic acid groups (broad SMARTS) is 1. The second kappa shape index (κ2) is 7.29. The minimum atomic E-state index is -4.13. The molecule has 1 aromatic rings. The van der Waals surface area contributed by atoms with Gasteiger partial charge in [-0.3, -0.25) is 0 Å². The Kier molecular flexibility index (Phi) is 5.07. The molecular weight excluding hydrogens is 383 g/mol. The average Bonchev–Trinajstić information content (AvgIpc) is 3.26. The first-order valence-electron chi connectivity index (χ1n) is 10.4. The first-order chi connectivity index (χ1) is 13.7. The maximum Gasteiger partial charge on any atom is 0.391 e. The highest BCUT2D eigenvalue weighted by Crippen LogP contribution is 2.49. The van der Waals surface area contributed by atoms with Crippen molar-refractivity contribution >= 4 is 23.0 Å². The van der Waals surface area contributed by atoms with Crippen molar-refractivity contribution in [1.29, 1.82) is 0 Å². The van der Waals surface area contributed by atoms with E-state index in [0.717, 1.165) is 30.0 Å². The lowest BCUT2D eigenvalue weighted by Crippen LogP contribution is -2.33. The van der Waals surface area contributed by atoms with Gasteiger partial charge in [0.2, 0.25) is 0 Å². The van der Waals surface area contributed by atoms with Crippen LogP contribution in [-0.4, -0.2) is 43.4 Å². The number of alkyl halides is 3. The molecule has 0 unspecified atom stereocenters. The zero-order valence-electron chi connectivity index (χ0n) is 16.8. The van der Waals surface area contributed by atoms with Crippen molar-refractivity contribution < 1.29 is 23.1 Å². The molecule has 1 heterocycles. The minimum Gasteiger partial charge on any atom is -0.478 e. The lowest BCUT2D eigenvalue weighted by molar-refractivity contribution is -0.182. The van der Waals surface area contributed by atoms with E-state index < -0.39 is 18.1 Å². The Morgan fingerprint density at radius 3 is 2.31 bits per heavy atom. The number of nitrogens with zero attached hydrogens (tertiary/aromatic N) is 1. The van der Waals surface area contributed by atoms with Gasteiger partial charge in [0.15, 0.2) is 0 Å². The van der Waals surface area contributed by atoms with Gasteiger partial charge in [0.1, 0.15) is 0 Å². The number of fused-ring (bicyclic) bond motifs is 1. The summed E-state index contributed by atoms with van der Waals surface area (Å²) in [6, 6.07) is 1.56. The van der Waals surface area contributed by atoms with Crippen molar-refractivity contribution in [2.75, 3.05) is 35.7 Å². The highest BCUT2D eigenvalue weighted by molar-refractivity contribution is 6.00. The third kappa shape index (κ3) is 3.85. The van der Waals surface area contributed by atoms with Gasteiger partial charge in [0.05, 0.1) is 28.5 Å². The SMILES string of the molecule is CNc1c(NC2CCC(C(F)(F)F)CC2)cc(C(=O)O)c(N2C[C@@H]3C[C@H]3C2)c1C. The molecule has 0 amide bonds. The van der Waals surface area contributed by atoms with Gasteiger partial charge in [-0.2, -0.15) is 13.2 Å². The summed E-state index contributed by atoms with van der Waals surface area (Å²) in [5.74, 6) is -0.855. The Hall–Kier alpha value is -2.12. The number of nitrogens with one attached hydrogen (secondary N) is 2. The zero-order valence-corrected chi connectivity index (χ0v) is 16.8. The summed E-state index contributed by atoms with van der Waals surface area (Å²) in [7, 11) is 1.79. The number of piperidine rings is 1. The molecule has 2 saturated carbocycles. The van der Waals surface area contributed by atoms with Gasteiger partial charge in [0, 0.05) is 26.2 Å². The second-order valence-electron chi connectivity index (χ2n) is 8.77. The van der Waals surface area contributed by atoms with Crippen molar-refractivity contribution in [3.8, 4) is 0 Å². The highest BCUT2D eigenvalue weighted by atomic mass is 19.4. The normalized spacial score (nSPS) is 28.8. The van der Waals surface area contributed by atoms with Crippen LogP contribution in [0.5, 0.6) is 0 Å². The molecule has 3 fully saturated rings.